The molecule has 118 valence electrons. The highest BCUT2D eigenvalue weighted by atomic mass is 15.2. The quantitative estimate of drug-likeness (QED) is 0.834. The van der Waals surface area contributed by atoms with Crippen LogP contribution in [0.1, 0.15) is 50.9 Å². The van der Waals surface area contributed by atoms with E-state index >= 15 is 0 Å². The van der Waals surface area contributed by atoms with E-state index in [1.54, 1.807) is 0 Å². The first kappa shape index (κ1) is 15.1. The van der Waals surface area contributed by atoms with E-state index in [1.165, 1.54) is 42.2 Å². The van der Waals surface area contributed by atoms with E-state index in [4.69, 9.17) is 4.98 Å². The van der Waals surface area contributed by atoms with Crippen LogP contribution in [0.25, 0.3) is 16.6 Å². The average molecular weight is 298 g/mol. The molecule has 0 aromatic carbocycles. The Morgan fingerprint density at radius 2 is 1.91 bits per heavy atom. The summed E-state index contributed by atoms with van der Waals surface area (Å²) in [5.74, 6) is 1.96. The number of aromatic nitrogens is 3. The van der Waals surface area contributed by atoms with Gasteiger partial charge in [-0.25, -0.2) is 9.97 Å². The molecule has 0 saturated carbocycles. The lowest BCUT2D eigenvalue weighted by Gasteiger charge is -2.36. The molecule has 3 heterocycles. The summed E-state index contributed by atoms with van der Waals surface area (Å²) in [7, 11) is 2.06. The van der Waals surface area contributed by atoms with Gasteiger partial charge in [-0.05, 0) is 25.3 Å². The minimum absolute atomic E-state index is 0.539. The molecule has 2 aromatic rings. The van der Waals surface area contributed by atoms with E-state index in [9.17, 15) is 0 Å². The zero-order valence-corrected chi connectivity index (χ0v) is 14.2. The summed E-state index contributed by atoms with van der Waals surface area (Å²) in [4.78, 5) is 11.9. The van der Waals surface area contributed by atoms with Crippen molar-refractivity contribution in [1.82, 2.24) is 14.5 Å². The summed E-state index contributed by atoms with van der Waals surface area (Å²) >= 11 is 0. The number of rotatable bonds is 5. The first-order chi connectivity index (χ1) is 10.6. The standard InChI is InChI=1S/C18H26N4/c1-6-8-14(9-7-2)22-10-12(3)15-11-21(5)17-16(15)18(22)20-13(4)19-17/h11,14H,3,6-10H2,1-2,4-5H3. The van der Waals surface area contributed by atoms with Crippen molar-refractivity contribution >= 4 is 22.4 Å². The molecule has 3 rings (SSSR count). The Kier molecular flexibility index (Phi) is 3.94. The van der Waals surface area contributed by atoms with Crippen LogP contribution >= 0.6 is 0 Å². The van der Waals surface area contributed by atoms with Crippen LogP contribution < -0.4 is 4.90 Å². The summed E-state index contributed by atoms with van der Waals surface area (Å²) in [6.07, 6.45) is 6.95. The fourth-order valence-electron chi connectivity index (χ4n) is 3.62. The Morgan fingerprint density at radius 1 is 1.23 bits per heavy atom. The van der Waals surface area contributed by atoms with Crippen LogP contribution in [0, 0.1) is 6.92 Å². The fourth-order valence-corrected chi connectivity index (χ4v) is 3.62. The molecule has 0 saturated heterocycles. The molecule has 4 heteroatoms. The smallest absolute Gasteiger partial charge is 0.146 e. The number of anilines is 1. The molecule has 22 heavy (non-hydrogen) atoms. The normalized spacial score (nSPS) is 14.4. The molecule has 0 atom stereocenters. The Balaban J connectivity index is 2.18. The summed E-state index contributed by atoms with van der Waals surface area (Å²) < 4.78 is 2.10. The van der Waals surface area contributed by atoms with Crippen molar-refractivity contribution in [3.05, 3.63) is 24.2 Å². The summed E-state index contributed by atoms with van der Waals surface area (Å²) in [5.41, 5.74) is 3.42. The summed E-state index contributed by atoms with van der Waals surface area (Å²) in [6.45, 7) is 11.7. The largest absolute Gasteiger partial charge is 0.349 e. The molecule has 1 aliphatic heterocycles. The van der Waals surface area contributed by atoms with E-state index in [0.717, 1.165) is 23.8 Å². The second kappa shape index (κ2) is 5.75. The lowest BCUT2D eigenvalue weighted by molar-refractivity contribution is 0.514. The molecule has 0 radical (unpaired) electrons. The number of hydrogen-bond donors (Lipinski definition) is 0. The maximum atomic E-state index is 4.81. The van der Waals surface area contributed by atoms with Gasteiger partial charge in [-0.2, -0.15) is 0 Å². The van der Waals surface area contributed by atoms with Crippen molar-refractivity contribution < 1.29 is 0 Å². The van der Waals surface area contributed by atoms with Crippen LogP contribution in [0.5, 0.6) is 0 Å². The van der Waals surface area contributed by atoms with Gasteiger partial charge in [0.15, 0.2) is 0 Å². The molecule has 1 aliphatic rings. The van der Waals surface area contributed by atoms with Gasteiger partial charge < -0.3 is 9.47 Å². The van der Waals surface area contributed by atoms with Gasteiger partial charge in [-0.1, -0.05) is 33.3 Å². The second-order valence-corrected chi connectivity index (χ2v) is 6.41. The zero-order valence-electron chi connectivity index (χ0n) is 14.2. The molecule has 0 spiro atoms. The van der Waals surface area contributed by atoms with E-state index in [1.807, 2.05) is 6.92 Å². The Labute approximate surface area is 132 Å². The van der Waals surface area contributed by atoms with Crippen LogP contribution in [0.4, 0.5) is 5.82 Å². The summed E-state index contributed by atoms with van der Waals surface area (Å²) in [6, 6.07) is 0.539. The van der Waals surface area contributed by atoms with Gasteiger partial charge in [0.05, 0.1) is 5.39 Å². The minimum Gasteiger partial charge on any atom is -0.349 e. The maximum absolute atomic E-state index is 4.81. The first-order valence-electron chi connectivity index (χ1n) is 8.35. The SMILES string of the molecule is C=C1CN(C(CCC)CCC)c2nc(C)nc3c2c1cn3C. The molecular weight excluding hydrogens is 272 g/mol. The molecule has 0 unspecified atom stereocenters. The van der Waals surface area contributed by atoms with E-state index in [-0.39, 0.29) is 0 Å². The molecular formula is C18H26N4. The van der Waals surface area contributed by atoms with Gasteiger partial charge in [-0.15, -0.1) is 0 Å². The van der Waals surface area contributed by atoms with Crippen molar-refractivity contribution in [3.8, 4) is 0 Å². The van der Waals surface area contributed by atoms with Gasteiger partial charge >= 0.3 is 0 Å². The molecule has 4 nitrogen and oxygen atoms in total. The van der Waals surface area contributed by atoms with E-state index in [2.05, 4.69) is 48.1 Å². The van der Waals surface area contributed by atoms with Gasteiger partial charge in [0.2, 0.25) is 0 Å². The zero-order chi connectivity index (χ0) is 15.9. The van der Waals surface area contributed by atoms with Crippen LogP contribution in [0.3, 0.4) is 0 Å². The number of nitrogens with zero attached hydrogens (tertiary/aromatic N) is 4. The van der Waals surface area contributed by atoms with Crippen molar-refractivity contribution in [2.75, 3.05) is 11.4 Å². The van der Waals surface area contributed by atoms with Crippen molar-refractivity contribution in [2.45, 2.75) is 52.5 Å². The Morgan fingerprint density at radius 3 is 2.55 bits per heavy atom. The molecule has 2 aromatic heterocycles. The van der Waals surface area contributed by atoms with Gasteiger partial charge in [0, 0.05) is 31.4 Å². The predicted molar refractivity (Wildman–Crippen MR) is 93.2 cm³/mol. The van der Waals surface area contributed by atoms with E-state index in [0.29, 0.717) is 6.04 Å². The average Bonchev–Trinajstić information content (AvgIpc) is 2.81. The molecule has 0 fully saturated rings. The van der Waals surface area contributed by atoms with Crippen LogP contribution in [-0.4, -0.2) is 27.1 Å². The fraction of sp³-hybridized carbons (Fsp3) is 0.556. The third-order valence-electron chi connectivity index (χ3n) is 4.61. The van der Waals surface area contributed by atoms with Gasteiger partial charge in [-0.3, -0.25) is 0 Å². The van der Waals surface area contributed by atoms with Crippen molar-refractivity contribution in [2.24, 2.45) is 7.05 Å². The van der Waals surface area contributed by atoms with Gasteiger partial charge in [0.25, 0.3) is 0 Å². The summed E-state index contributed by atoms with van der Waals surface area (Å²) in [5, 5.41) is 1.18. The highest BCUT2D eigenvalue weighted by Gasteiger charge is 2.29. The van der Waals surface area contributed by atoms with Crippen molar-refractivity contribution in [3.63, 3.8) is 0 Å². The highest BCUT2D eigenvalue weighted by Crippen LogP contribution is 2.39. The maximum Gasteiger partial charge on any atom is 0.146 e. The molecule has 0 amide bonds. The molecule has 0 aliphatic carbocycles. The third-order valence-corrected chi connectivity index (χ3v) is 4.61. The highest BCUT2D eigenvalue weighted by molar-refractivity contribution is 6.02. The monoisotopic (exact) mass is 298 g/mol. The minimum atomic E-state index is 0.539. The predicted octanol–water partition coefficient (Wildman–Crippen LogP) is 4.08. The first-order valence-corrected chi connectivity index (χ1v) is 8.35. The number of hydrogen-bond acceptors (Lipinski definition) is 3. The lowest BCUT2D eigenvalue weighted by atomic mass is 9.97. The van der Waals surface area contributed by atoms with Crippen LogP contribution in [-0.2, 0) is 7.05 Å². The Hall–Kier alpha value is -1.84. The topological polar surface area (TPSA) is 34.0 Å². The Bertz CT molecular complexity index is 707. The number of aryl methyl sites for hydroxylation is 2. The molecule has 0 N–H and O–H groups in total. The second-order valence-electron chi connectivity index (χ2n) is 6.41. The van der Waals surface area contributed by atoms with Crippen LogP contribution in [0.15, 0.2) is 12.8 Å². The molecule has 0 bridgehead atoms. The van der Waals surface area contributed by atoms with Gasteiger partial charge in [0.1, 0.15) is 17.3 Å². The third kappa shape index (κ3) is 2.31. The van der Waals surface area contributed by atoms with Crippen molar-refractivity contribution in [1.29, 1.82) is 0 Å². The van der Waals surface area contributed by atoms with E-state index < -0.39 is 0 Å². The lowest BCUT2D eigenvalue weighted by Crippen LogP contribution is -2.39. The van der Waals surface area contributed by atoms with Crippen LogP contribution in [0.2, 0.25) is 0 Å².